The average Bonchev–Trinajstić information content (AvgIpc) is 3.46. The molecule has 0 unspecified atom stereocenters. The SMILES string of the molecule is Nc1ncc(-c2cnn(C3CCNCC3)c2)cc1-c1ccc(-c2ccccc2)o1. The zero-order valence-electron chi connectivity index (χ0n) is 16.1. The zero-order chi connectivity index (χ0) is 19.6. The van der Waals surface area contributed by atoms with Crippen LogP contribution in [0.5, 0.6) is 0 Å². The number of rotatable bonds is 4. The van der Waals surface area contributed by atoms with Crippen LogP contribution < -0.4 is 11.1 Å². The largest absolute Gasteiger partial charge is 0.456 e. The summed E-state index contributed by atoms with van der Waals surface area (Å²) in [6.45, 7) is 2.07. The summed E-state index contributed by atoms with van der Waals surface area (Å²) in [5.41, 5.74) is 10.0. The van der Waals surface area contributed by atoms with E-state index in [-0.39, 0.29) is 0 Å². The van der Waals surface area contributed by atoms with Gasteiger partial charge in [0.05, 0.1) is 17.8 Å². The van der Waals surface area contributed by atoms with Crippen molar-refractivity contribution in [2.24, 2.45) is 0 Å². The highest BCUT2D eigenvalue weighted by atomic mass is 16.3. The number of piperidine rings is 1. The van der Waals surface area contributed by atoms with Crippen LogP contribution in [-0.4, -0.2) is 27.9 Å². The van der Waals surface area contributed by atoms with Gasteiger partial charge in [0.25, 0.3) is 0 Å². The predicted octanol–water partition coefficient (Wildman–Crippen LogP) is 4.38. The van der Waals surface area contributed by atoms with Crippen LogP contribution in [0.1, 0.15) is 18.9 Å². The van der Waals surface area contributed by atoms with Gasteiger partial charge in [-0.1, -0.05) is 30.3 Å². The van der Waals surface area contributed by atoms with Gasteiger partial charge in [-0.3, -0.25) is 4.68 Å². The number of nitrogens with zero attached hydrogens (tertiary/aromatic N) is 3. The van der Waals surface area contributed by atoms with Crippen molar-refractivity contribution in [3.8, 4) is 33.8 Å². The molecule has 0 aliphatic carbocycles. The van der Waals surface area contributed by atoms with Crippen molar-refractivity contribution in [1.29, 1.82) is 0 Å². The first kappa shape index (κ1) is 17.7. The van der Waals surface area contributed by atoms with Gasteiger partial charge in [-0.25, -0.2) is 4.98 Å². The van der Waals surface area contributed by atoms with Crippen molar-refractivity contribution in [1.82, 2.24) is 20.1 Å². The van der Waals surface area contributed by atoms with E-state index in [2.05, 4.69) is 26.3 Å². The summed E-state index contributed by atoms with van der Waals surface area (Å²) in [6.07, 6.45) is 7.99. The summed E-state index contributed by atoms with van der Waals surface area (Å²) in [6, 6.07) is 16.4. The molecule has 1 aromatic carbocycles. The highest BCUT2D eigenvalue weighted by Gasteiger charge is 2.17. The average molecular weight is 385 g/mol. The fourth-order valence-corrected chi connectivity index (χ4v) is 3.83. The molecule has 1 fully saturated rings. The van der Waals surface area contributed by atoms with Crippen molar-refractivity contribution in [3.63, 3.8) is 0 Å². The third-order valence-corrected chi connectivity index (χ3v) is 5.47. The number of pyridine rings is 1. The van der Waals surface area contributed by atoms with Gasteiger partial charge < -0.3 is 15.5 Å². The number of nitrogens with one attached hydrogen (secondary N) is 1. The Labute approximate surface area is 169 Å². The number of aromatic nitrogens is 3. The van der Waals surface area contributed by atoms with Crippen LogP contribution in [0.25, 0.3) is 33.8 Å². The molecule has 4 heterocycles. The molecule has 4 aromatic rings. The Kier molecular flexibility index (Phi) is 4.62. The van der Waals surface area contributed by atoms with Gasteiger partial charge in [-0.2, -0.15) is 5.10 Å². The zero-order valence-corrected chi connectivity index (χ0v) is 16.1. The molecule has 3 N–H and O–H groups in total. The van der Waals surface area contributed by atoms with Gasteiger partial charge in [0.15, 0.2) is 0 Å². The normalized spacial score (nSPS) is 14.9. The minimum Gasteiger partial charge on any atom is -0.456 e. The van der Waals surface area contributed by atoms with Crippen molar-refractivity contribution in [2.75, 3.05) is 18.8 Å². The molecule has 3 aromatic heterocycles. The lowest BCUT2D eigenvalue weighted by Gasteiger charge is -2.22. The number of nitrogens with two attached hydrogens (primary N) is 1. The first-order chi connectivity index (χ1) is 14.3. The molecule has 5 rings (SSSR count). The summed E-state index contributed by atoms with van der Waals surface area (Å²) >= 11 is 0. The second-order valence-electron chi connectivity index (χ2n) is 7.38. The van der Waals surface area contributed by atoms with E-state index in [9.17, 15) is 0 Å². The third kappa shape index (κ3) is 3.54. The van der Waals surface area contributed by atoms with Crippen molar-refractivity contribution >= 4 is 5.82 Å². The van der Waals surface area contributed by atoms with Crippen LogP contribution >= 0.6 is 0 Å². The Bertz CT molecular complexity index is 1110. The number of nitrogen functional groups attached to an aromatic ring is 1. The fourth-order valence-electron chi connectivity index (χ4n) is 3.83. The Morgan fingerprint density at radius 3 is 2.55 bits per heavy atom. The first-order valence-electron chi connectivity index (χ1n) is 9.94. The van der Waals surface area contributed by atoms with Gasteiger partial charge in [-0.15, -0.1) is 0 Å². The van der Waals surface area contributed by atoms with E-state index in [4.69, 9.17) is 10.2 Å². The van der Waals surface area contributed by atoms with E-state index < -0.39 is 0 Å². The van der Waals surface area contributed by atoms with Crippen LogP contribution in [0.3, 0.4) is 0 Å². The monoisotopic (exact) mass is 385 g/mol. The van der Waals surface area contributed by atoms with Gasteiger partial charge in [0, 0.05) is 29.1 Å². The molecule has 1 aliphatic rings. The van der Waals surface area contributed by atoms with Crippen molar-refractivity contribution in [2.45, 2.75) is 18.9 Å². The van der Waals surface area contributed by atoms with Gasteiger partial charge in [0.2, 0.25) is 0 Å². The number of hydrogen-bond acceptors (Lipinski definition) is 5. The summed E-state index contributed by atoms with van der Waals surface area (Å²) in [7, 11) is 0. The summed E-state index contributed by atoms with van der Waals surface area (Å²) in [5, 5.41) is 7.98. The molecule has 1 aliphatic heterocycles. The fraction of sp³-hybridized carbons (Fsp3) is 0.217. The molecule has 6 nitrogen and oxygen atoms in total. The van der Waals surface area contributed by atoms with Crippen LogP contribution in [-0.2, 0) is 0 Å². The molecule has 0 spiro atoms. The number of hydrogen-bond donors (Lipinski definition) is 2. The molecule has 29 heavy (non-hydrogen) atoms. The number of furan rings is 1. The molecular weight excluding hydrogens is 362 g/mol. The lowest BCUT2D eigenvalue weighted by Crippen LogP contribution is -2.29. The Morgan fingerprint density at radius 1 is 0.931 bits per heavy atom. The molecule has 0 radical (unpaired) electrons. The molecule has 0 saturated carbocycles. The quantitative estimate of drug-likeness (QED) is 0.545. The third-order valence-electron chi connectivity index (χ3n) is 5.47. The maximum Gasteiger partial charge on any atom is 0.138 e. The van der Waals surface area contributed by atoms with Crippen LogP contribution in [0.15, 0.2) is 71.5 Å². The molecule has 0 bridgehead atoms. The van der Waals surface area contributed by atoms with E-state index >= 15 is 0 Å². The lowest BCUT2D eigenvalue weighted by atomic mass is 10.1. The summed E-state index contributed by atoms with van der Waals surface area (Å²) in [4.78, 5) is 4.41. The summed E-state index contributed by atoms with van der Waals surface area (Å²) in [5.74, 6) is 1.97. The molecular formula is C23H23N5O. The standard InChI is InChI=1S/C23H23N5O/c24-23-20(22-7-6-21(29-22)16-4-2-1-3-5-16)12-17(13-26-23)18-14-27-28(15-18)19-8-10-25-11-9-19/h1-7,12-15,19,25H,8-11H2,(H2,24,26). The maximum absolute atomic E-state index is 6.17. The Hall–Kier alpha value is -3.38. The molecule has 0 amide bonds. The molecule has 6 heteroatoms. The van der Waals surface area contributed by atoms with Crippen molar-refractivity contribution < 1.29 is 4.42 Å². The highest BCUT2D eigenvalue weighted by Crippen LogP contribution is 2.33. The summed E-state index contributed by atoms with van der Waals surface area (Å²) < 4.78 is 8.16. The minimum atomic E-state index is 0.449. The van der Waals surface area contributed by atoms with Gasteiger partial charge in [0.1, 0.15) is 17.3 Å². The lowest BCUT2D eigenvalue weighted by molar-refractivity contribution is 0.343. The molecule has 146 valence electrons. The van der Waals surface area contributed by atoms with E-state index in [1.807, 2.05) is 54.7 Å². The Balaban J connectivity index is 1.45. The predicted molar refractivity (Wildman–Crippen MR) is 114 cm³/mol. The van der Waals surface area contributed by atoms with Crippen LogP contribution in [0, 0.1) is 0 Å². The van der Waals surface area contributed by atoms with Crippen LogP contribution in [0.4, 0.5) is 5.82 Å². The highest BCUT2D eigenvalue weighted by molar-refractivity contribution is 5.77. The smallest absolute Gasteiger partial charge is 0.138 e. The van der Waals surface area contributed by atoms with E-state index in [1.165, 1.54) is 0 Å². The minimum absolute atomic E-state index is 0.449. The molecule has 0 atom stereocenters. The van der Waals surface area contributed by atoms with Gasteiger partial charge in [-0.05, 0) is 44.1 Å². The second kappa shape index (κ2) is 7.56. The molecule has 1 saturated heterocycles. The number of anilines is 1. The van der Waals surface area contributed by atoms with E-state index in [0.717, 1.165) is 53.9 Å². The van der Waals surface area contributed by atoms with Crippen molar-refractivity contribution in [3.05, 3.63) is 67.1 Å². The van der Waals surface area contributed by atoms with Gasteiger partial charge >= 0.3 is 0 Å². The van der Waals surface area contributed by atoms with E-state index in [1.54, 1.807) is 6.20 Å². The van der Waals surface area contributed by atoms with Crippen LogP contribution in [0.2, 0.25) is 0 Å². The van der Waals surface area contributed by atoms with E-state index in [0.29, 0.717) is 17.6 Å². The topological polar surface area (TPSA) is 81.9 Å². The first-order valence-corrected chi connectivity index (χ1v) is 9.94. The Morgan fingerprint density at radius 2 is 1.72 bits per heavy atom. The maximum atomic E-state index is 6.17. The second-order valence-corrected chi connectivity index (χ2v) is 7.38. The number of benzene rings is 1.